The second kappa shape index (κ2) is 12.2. The Morgan fingerprint density at radius 1 is 1.06 bits per heavy atom. The van der Waals surface area contributed by atoms with Gasteiger partial charge in [0.25, 0.3) is 5.91 Å². The maximum Gasteiger partial charge on any atom is 0.255 e. The molecule has 2 fully saturated rings. The van der Waals surface area contributed by atoms with Crippen molar-refractivity contribution in [3.63, 3.8) is 0 Å². The van der Waals surface area contributed by atoms with Crippen molar-refractivity contribution in [1.82, 2.24) is 15.5 Å². The van der Waals surface area contributed by atoms with Crippen LogP contribution in [-0.2, 0) is 16.1 Å². The molecule has 2 heterocycles. The van der Waals surface area contributed by atoms with Crippen LogP contribution in [0.5, 0.6) is 0 Å². The third-order valence-electron chi connectivity index (χ3n) is 7.20. The van der Waals surface area contributed by atoms with Crippen LogP contribution in [0.2, 0.25) is 0 Å². The summed E-state index contributed by atoms with van der Waals surface area (Å²) in [5.41, 5.74) is 1.70. The number of benzene rings is 1. The highest BCUT2D eigenvalue weighted by Gasteiger charge is 2.39. The lowest BCUT2D eigenvalue weighted by molar-refractivity contribution is -0.136. The zero-order chi connectivity index (χ0) is 23.9. The summed E-state index contributed by atoms with van der Waals surface area (Å²) in [6.07, 6.45) is 10.7. The monoisotopic (exact) mass is 487 g/mol. The molecule has 1 saturated heterocycles. The van der Waals surface area contributed by atoms with E-state index in [1.165, 1.54) is 32.1 Å². The number of aliphatic hydroxyl groups is 1. The summed E-state index contributed by atoms with van der Waals surface area (Å²) in [5.74, 6) is 0.282. The molecule has 2 aliphatic heterocycles. The van der Waals surface area contributed by atoms with Crippen molar-refractivity contribution < 1.29 is 19.5 Å². The summed E-state index contributed by atoms with van der Waals surface area (Å²) >= 11 is 1.80. The smallest absolute Gasteiger partial charge is 0.255 e. The van der Waals surface area contributed by atoms with Gasteiger partial charge in [0.2, 0.25) is 11.8 Å². The largest absolute Gasteiger partial charge is 0.393 e. The molecule has 7 nitrogen and oxygen atoms in total. The van der Waals surface area contributed by atoms with Gasteiger partial charge in [-0.2, -0.15) is 0 Å². The van der Waals surface area contributed by atoms with Gasteiger partial charge in [-0.3, -0.25) is 19.7 Å². The summed E-state index contributed by atoms with van der Waals surface area (Å²) in [5, 5.41) is 15.7. The van der Waals surface area contributed by atoms with Crippen LogP contribution < -0.4 is 10.6 Å². The number of piperidine rings is 1. The molecule has 1 aromatic rings. The molecular weight excluding hydrogens is 450 g/mol. The number of amides is 3. The fourth-order valence-corrected chi connectivity index (χ4v) is 6.38. The van der Waals surface area contributed by atoms with Crippen molar-refractivity contribution in [2.75, 3.05) is 12.3 Å². The summed E-state index contributed by atoms with van der Waals surface area (Å²) in [4.78, 5) is 39.4. The maximum absolute atomic E-state index is 12.9. The lowest BCUT2D eigenvalue weighted by atomic mass is 9.93. The summed E-state index contributed by atoms with van der Waals surface area (Å²) in [6, 6.07) is 5.76. The lowest BCUT2D eigenvalue weighted by Gasteiger charge is -2.29. The highest BCUT2D eigenvalue weighted by molar-refractivity contribution is 7.99. The van der Waals surface area contributed by atoms with Gasteiger partial charge in [0.1, 0.15) is 6.04 Å². The average Bonchev–Trinajstić information content (AvgIpc) is 3.15. The molecule has 3 N–H and O–H groups in total. The van der Waals surface area contributed by atoms with Crippen molar-refractivity contribution in [3.05, 3.63) is 29.3 Å². The number of carbonyl (C=O) groups is 3. The van der Waals surface area contributed by atoms with Gasteiger partial charge in [-0.1, -0.05) is 25.3 Å². The number of hydrogen-bond donors (Lipinski definition) is 3. The van der Waals surface area contributed by atoms with Crippen LogP contribution in [0, 0.1) is 0 Å². The van der Waals surface area contributed by atoms with Gasteiger partial charge in [-0.25, -0.2) is 0 Å². The van der Waals surface area contributed by atoms with Crippen molar-refractivity contribution >= 4 is 29.5 Å². The van der Waals surface area contributed by atoms with Crippen molar-refractivity contribution in [3.8, 4) is 0 Å². The van der Waals surface area contributed by atoms with E-state index in [2.05, 4.69) is 16.7 Å². The first-order chi connectivity index (χ1) is 16.5. The van der Waals surface area contributed by atoms with E-state index < -0.39 is 6.04 Å². The normalized spacial score (nSPS) is 24.9. The Morgan fingerprint density at radius 2 is 1.88 bits per heavy atom. The van der Waals surface area contributed by atoms with E-state index in [4.69, 9.17) is 0 Å². The summed E-state index contributed by atoms with van der Waals surface area (Å²) < 4.78 is 0. The summed E-state index contributed by atoms with van der Waals surface area (Å²) in [6.45, 7) is 1.48. The molecule has 8 heteroatoms. The van der Waals surface area contributed by atoms with Gasteiger partial charge < -0.3 is 15.3 Å². The minimum Gasteiger partial charge on any atom is -0.393 e. The Hall–Kier alpha value is -1.90. The number of rotatable bonds is 11. The van der Waals surface area contributed by atoms with E-state index >= 15 is 0 Å². The van der Waals surface area contributed by atoms with Crippen LogP contribution in [0.3, 0.4) is 0 Å². The maximum atomic E-state index is 12.9. The fourth-order valence-electron chi connectivity index (χ4n) is 5.29. The van der Waals surface area contributed by atoms with Gasteiger partial charge in [-0.15, -0.1) is 11.8 Å². The minimum absolute atomic E-state index is 0.108. The zero-order valence-electron chi connectivity index (χ0n) is 19.9. The second-order valence-electron chi connectivity index (χ2n) is 9.77. The molecule has 3 amide bonds. The van der Waals surface area contributed by atoms with Gasteiger partial charge in [0.15, 0.2) is 0 Å². The van der Waals surface area contributed by atoms with E-state index in [1.807, 2.05) is 12.1 Å². The molecule has 186 valence electrons. The zero-order valence-corrected chi connectivity index (χ0v) is 20.7. The highest BCUT2D eigenvalue weighted by Crippen LogP contribution is 2.34. The molecule has 0 bridgehead atoms. The lowest BCUT2D eigenvalue weighted by Crippen LogP contribution is -2.52. The molecule has 3 atom stereocenters. The quantitative estimate of drug-likeness (QED) is 0.251. The van der Waals surface area contributed by atoms with Crippen LogP contribution in [0.1, 0.15) is 86.6 Å². The molecule has 0 aromatic heterocycles. The van der Waals surface area contributed by atoms with E-state index in [0.29, 0.717) is 24.6 Å². The predicted molar refractivity (Wildman–Crippen MR) is 133 cm³/mol. The van der Waals surface area contributed by atoms with E-state index in [9.17, 15) is 19.5 Å². The van der Waals surface area contributed by atoms with Crippen LogP contribution >= 0.6 is 11.8 Å². The molecule has 0 spiro atoms. The number of thioether (sulfide) groups is 1. The number of nitrogens with zero attached hydrogens (tertiary/aromatic N) is 1. The standard InChI is InChI=1S/C26H37N3O4S/c30-19-9-6-8-18(16-19)27-14-4-2-1-3-5-15-34-23-11-7-10-20-21(23)17-29(26(20)33)22-12-13-24(31)28-25(22)32/h7,10-11,18-19,22,27,30H,1-6,8-9,12-17H2,(H,28,31,32)/t18-,19-,22?/m0/s1. The number of hydrogen-bond acceptors (Lipinski definition) is 6. The first kappa shape index (κ1) is 25.2. The molecule has 0 radical (unpaired) electrons. The summed E-state index contributed by atoms with van der Waals surface area (Å²) in [7, 11) is 0. The number of nitrogens with one attached hydrogen (secondary N) is 2. The molecule has 1 unspecified atom stereocenters. The SMILES string of the molecule is O=C1CCC(N2Cc3c(SCCCCCCCN[C@H]4CCC[C@H](O)C4)cccc3C2=O)C(=O)N1. The molecule has 1 aromatic carbocycles. The molecule has 4 rings (SSSR count). The Balaban J connectivity index is 1.14. The Bertz CT molecular complexity index is 893. The number of fused-ring (bicyclic) bond motifs is 1. The van der Waals surface area contributed by atoms with Gasteiger partial charge in [-0.05, 0) is 74.9 Å². The Morgan fingerprint density at radius 3 is 2.71 bits per heavy atom. The minimum atomic E-state index is -0.562. The van der Waals surface area contributed by atoms with Gasteiger partial charge in [0, 0.05) is 29.5 Å². The number of aliphatic hydroxyl groups excluding tert-OH is 1. The fraction of sp³-hybridized carbons (Fsp3) is 0.654. The molecule has 3 aliphatic rings. The topological polar surface area (TPSA) is 98.7 Å². The van der Waals surface area contributed by atoms with Crippen LogP contribution in [0.15, 0.2) is 23.1 Å². The number of carbonyl (C=O) groups excluding carboxylic acids is 3. The van der Waals surface area contributed by atoms with Crippen molar-refractivity contribution in [1.29, 1.82) is 0 Å². The van der Waals surface area contributed by atoms with Gasteiger partial charge >= 0.3 is 0 Å². The molecule has 1 aliphatic carbocycles. The number of imide groups is 1. The molecule has 1 saturated carbocycles. The van der Waals surface area contributed by atoms with Crippen molar-refractivity contribution in [2.24, 2.45) is 0 Å². The highest BCUT2D eigenvalue weighted by atomic mass is 32.2. The second-order valence-corrected chi connectivity index (χ2v) is 10.9. The van der Waals surface area contributed by atoms with Crippen LogP contribution in [0.25, 0.3) is 0 Å². The number of unbranched alkanes of at least 4 members (excludes halogenated alkanes) is 4. The van der Waals surface area contributed by atoms with E-state index in [-0.39, 0.29) is 30.2 Å². The van der Waals surface area contributed by atoms with E-state index in [0.717, 1.165) is 48.4 Å². The third kappa shape index (κ3) is 6.40. The average molecular weight is 488 g/mol. The first-order valence-electron chi connectivity index (χ1n) is 12.8. The van der Waals surface area contributed by atoms with Gasteiger partial charge in [0.05, 0.1) is 6.10 Å². The van der Waals surface area contributed by atoms with Crippen LogP contribution in [0.4, 0.5) is 0 Å². The molecular formula is C26H37N3O4S. The molecule has 34 heavy (non-hydrogen) atoms. The third-order valence-corrected chi connectivity index (χ3v) is 8.38. The van der Waals surface area contributed by atoms with Crippen molar-refractivity contribution in [2.45, 2.75) is 100 Å². The van der Waals surface area contributed by atoms with E-state index in [1.54, 1.807) is 16.7 Å². The first-order valence-corrected chi connectivity index (χ1v) is 13.8. The predicted octanol–water partition coefficient (Wildman–Crippen LogP) is 3.38. The Kier molecular flexibility index (Phi) is 9.03. The Labute approximate surface area is 206 Å². The van der Waals surface area contributed by atoms with Crippen LogP contribution in [-0.4, -0.2) is 58.2 Å².